The SMILES string of the molecule is O=C(NC1CCCCC1C(=O)O)c1cncnc1. The molecule has 0 aliphatic heterocycles. The first kappa shape index (κ1) is 12.5. The average molecular weight is 249 g/mol. The summed E-state index contributed by atoms with van der Waals surface area (Å²) in [6, 6.07) is -0.302. The zero-order valence-electron chi connectivity index (χ0n) is 9.87. The summed E-state index contributed by atoms with van der Waals surface area (Å²) >= 11 is 0. The highest BCUT2D eigenvalue weighted by Crippen LogP contribution is 2.24. The van der Waals surface area contributed by atoms with Gasteiger partial charge >= 0.3 is 5.97 Å². The highest BCUT2D eigenvalue weighted by Gasteiger charge is 2.31. The maximum atomic E-state index is 11.9. The lowest BCUT2D eigenvalue weighted by molar-refractivity contribution is -0.143. The van der Waals surface area contributed by atoms with E-state index >= 15 is 0 Å². The molecule has 0 aromatic carbocycles. The molecule has 2 unspecified atom stereocenters. The molecule has 96 valence electrons. The molecular formula is C12H15N3O3. The summed E-state index contributed by atoms with van der Waals surface area (Å²) in [5.41, 5.74) is 0.354. The van der Waals surface area contributed by atoms with Crippen molar-refractivity contribution in [1.29, 1.82) is 0 Å². The van der Waals surface area contributed by atoms with E-state index in [-0.39, 0.29) is 11.9 Å². The van der Waals surface area contributed by atoms with Crippen molar-refractivity contribution in [3.63, 3.8) is 0 Å². The third-order valence-corrected chi connectivity index (χ3v) is 3.22. The normalized spacial score (nSPS) is 23.3. The molecule has 6 nitrogen and oxygen atoms in total. The third-order valence-electron chi connectivity index (χ3n) is 3.22. The number of hydrogen-bond donors (Lipinski definition) is 2. The number of aromatic nitrogens is 2. The van der Waals surface area contributed by atoms with Gasteiger partial charge in [0, 0.05) is 18.4 Å². The van der Waals surface area contributed by atoms with Gasteiger partial charge in [-0.1, -0.05) is 12.8 Å². The fraction of sp³-hybridized carbons (Fsp3) is 0.500. The van der Waals surface area contributed by atoms with Gasteiger partial charge in [0.15, 0.2) is 0 Å². The van der Waals surface area contributed by atoms with Gasteiger partial charge < -0.3 is 10.4 Å². The Bertz CT molecular complexity index is 435. The van der Waals surface area contributed by atoms with Crippen LogP contribution in [-0.4, -0.2) is 33.0 Å². The maximum Gasteiger partial charge on any atom is 0.308 e. The van der Waals surface area contributed by atoms with E-state index in [2.05, 4.69) is 15.3 Å². The molecule has 0 spiro atoms. The van der Waals surface area contributed by atoms with Gasteiger partial charge in [0.05, 0.1) is 11.5 Å². The Morgan fingerprint density at radius 3 is 2.56 bits per heavy atom. The Morgan fingerprint density at radius 1 is 1.22 bits per heavy atom. The van der Waals surface area contributed by atoms with Crippen molar-refractivity contribution >= 4 is 11.9 Å². The number of rotatable bonds is 3. The number of nitrogens with zero attached hydrogens (tertiary/aromatic N) is 2. The summed E-state index contributed by atoms with van der Waals surface area (Å²) in [6.07, 6.45) is 7.35. The Labute approximate surface area is 104 Å². The lowest BCUT2D eigenvalue weighted by atomic mass is 9.84. The summed E-state index contributed by atoms with van der Waals surface area (Å²) in [7, 11) is 0. The monoisotopic (exact) mass is 249 g/mol. The number of hydrogen-bond acceptors (Lipinski definition) is 4. The fourth-order valence-corrected chi connectivity index (χ4v) is 2.27. The minimum atomic E-state index is -0.843. The Hall–Kier alpha value is -1.98. The molecule has 1 aliphatic rings. The number of carboxylic acid groups (broad SMARTS) is 1. The van der Waals surface area contributed by atoms with E-state index in [4.69, 9.17) is 5.11 Å². The highest BCUT2D eigenvalue weighted by atomic mass is 16.4. The predicted octanol–water partition coefficient (Wildman–Crippen LogP) is 0.850. The van der Waals surface area contributed by atoms with Crippen molar-refractivity contribution in [1.82, 2.24) is 15.3 Å². The zero-order chi connectivity index (χ0) is 13.0. The number of carbonyl (C=O) groups excluding carboxylic acids is 1. The molecule has 18 heavy (non-hydrogen) atoms. The van der Waals surface area contributed by atoms with Gasteiger partial charge in [-0.15, -0.1) is 0 Å². The van der Waals surface area contributed by atoms with Gasteiger partial charge in [0.1, 0.15) is 6.33 Å². The van der Waals surface area contributed by atoms with E-state index < -0.39 is 11.9 Å². The molecule has 2 N–H and O–H groups in total. The van der Waals surface area contributed by atoms with Crippen molar-refractivity contribution in [3.8, 4) is 0 Å². The lowest BCUT2D eigenvalue weighted by Crippen LogP contribution is -2.45. The minimum absolute atomic E-state index is 0.302. The molecule has 1 saturated carbocycles. The molecule has 1 amide bonds. The maximum absolute atomic E-state index is 11.9. The summed E-state index contributed by atoms with van der Waals surface area (Å²) in [6.45, 7) is 0. The molecule has 1 heterocycles. The molecule has 0 bridgehead atoms. The average Bonchev–Trinajstić information content (AvgIpc) is 2.40. The number of aliphatic carboxylic acids is 1. The van der Waals surface area contributed by atoms with Crippen LogP contribution in [0.2, 0.25) is 0 Å². The largest absolute Gasteiger partial charge is 0.481 e. The van der Waals surface area contributed by atoms with Gasteiger partial charge in [0.25, 0.3) is 5.91 Å². The van der Waals surface area contributed by atoms with Gasteiger partial charge in [-0.05, 0) is 12.8 Å². The van der Waals surface area contributed by atoms with Crippen molar-refractivity contribution in [2.75, 3.05) is 0 Å². The minimum Gasteiger partial charge on any atom is -0.481 e. The van der Waals surface area contributed by atoms with Crippen LogP contribution in [0.4, 0.5) is 0 Å². The molecule has 1 aromatic heterocycles. The number of carboxylic acids is 1. The van der Waals surface area contributed by atoms with Crippen LogP contribution in [0.15, 0.2) is 18.7 Å². The summed E-state index contributed by atoms with van der Waals surface area (Å²) in [5, 5.41) is 11.9. The van der Waals surface area contributed by atoms with Gasteiger partial charge in [-0.25, -0.2) is 9.97 Å². The van der Waals surface area contributed by atoms with Crippen LogP contribution in [0.25, 0.3) is 0 Å². The second-order valence-electron chi connectivity index (χ2n) is 4.44. The lowest BCUT2D eigenvalue weighted by Gasteiger charge is -2.29. The van der Waals surface area contributed by atoms with Crippen LogP contribution in [0, 0.1) is 5.92 Å². The van der Waals surface area contributed by atoms with E-state index in [0.717, 1.165) is 12.8 Å². The van der Waals surface area contributed by atoms with Crippen molar-refractivity contribution in [2.24, 2.45) is 5.92 Å². The van der Waals surface area contributed by atoms with Crippen LogP contribution in [0.5, 0.6) is 0 Å². The van der Waals surface area contributed by atoms with Gasteiger partial charge in [-0.3, -0.25) is 9.59 Å². The van der Waals surface area contributed by atoms with Gasteiger partial charge in [0.2, 0.25) is 0 Å². The first-order chi connectivity index (χ1) is 8.68. The molecular weight excluding hydrogens is 234 g/mol. The molecule has 0 radical (unpaired) electrons. The smallest absolute Gasteiger partial charge is 0.308 e. The molecule has 2 rings (SSSR count). The van der Waals surface area contributed by atoms with Crippen LogP contribution >= 0.6 is 0 Å². The second-order valence-corrected chi connectivity index (χ2v) is 4.44. The van der Waals surface area contributed by atoms with Crippen LogP contribution in [0.1, 0.15) is 36.0 Å². The Kier molecular flexibility index (Phi) is 3.86. The summed E-state index contributed by atoms with van der Waals surface area (Å²) in [4.78, 5) is 30.5. The molecule has 6 heteroatoms. The number of nitrogens with one attached hydrogen (secondary N) is 1. The second kappa shape index (κ2) is 5.57. The number of amides is 1. The molecule has 2 atom stereocenters. The van der Waals surface area contributed by atoms with Crippen LogP contribution in [-0.2, 0) is 4.79 Å². The fourth-order valence-electron chi connectivity index (χ4n) is 2.27. The Morgan fingerprint density at radius 2 is 1.89 bits per heavy atom. The standard InChI is InChI=1S/C12H15N3O3/c16-11(8-5-13-7-14-6-8)15-10-4-2-1-3-9(10)12(17)18/h5-7,9-10H,1-4H2,(H,15,16)(H,17,18). The predicted molar refractivity (Wildman–Crippen MR) is 62.9 cm³/mol. The molecule has 0 saturated heterocycles. The van der Waals surface area contributed by atoms with Gasteiger partial charge in [-0.2, -0.15) is 0 Å². The summed E-state index contributed by atoms with van der Waals surface area (Å²) < 4.78 is 0. The van der Waals surface area contributed by atoms with E-state index in [9.17, 15) is 9.59 Å². The highest BCUT2D eigenvalue weighted by molar-refractivity contribution is 5.94. The third kappa shape index (κ3) is 2.82. The molecule has 1 fully saturated rings. The summed E-state index contributed by atoms with van der Waals surface area (Å²) in [5.74, 6) is -1.65. The van der Waals surface area contributed by atoms with Crippen molar-refractivity contribution < 1.29 is 14.7 Å². The number of carbonyl (C=O) groups is 2. The van der Waals surface area contributed by atoms with Crippen molar-refractivity contribution in [2.45, 2.75) is 31.7 Å². The van der Waals surface area contributed by atoms with Crippen LogP contribution < -0.4 is 5.32 Å². The molecule has 1 aromatic rings. The van der Waals surface area contributed by atoms with E-state index in [1.165, 1.54) is 18.7 Å². The Balaban J connectivity index is 2.03. The molecule has 1 aliphatic carbocycles. The first-order valence-corrected chi connectivity index (χ1v) is 5.97. The van der Waals surface area contributed by atoms with E-state index in [1.54, 1.807) is 0 Å². The van der Waals surface area contributed by atoms with Crippen molar-refractivity contribution in [3.05, 3.63) is 24.3 Å². The van der Waals surface area contributed by atoms with E-state index in [1.807, 2.05) is 0 Å². The zero-order valence-corrected chi connectivity index (χ0v) is 9.87. The quantitative estimate of drug-likeness (QED) is 0.828. The first-order valence-electron chi connectivity index (χ1n) is 5.97. The topological polar surface area (TPSA) is 92.2 Å². The van der Waals surface area contributed by atoms with Crippen LogP contribution in [0.3, 0.4) is 0 Å². The van der Waals surface area contributed by atoms with E-state index in [0.29, 0.717) is 18.4 Å².